The highest BCUT2D eigenvalue weighted by atomic mass is 16.2. The number of benzene rings is 1. The molecule has 0 bridgehead atoms. The maximum atomic E-state index is 12.2. The largest absolute Gasteiger partial charge is 0.342 e. The topological polar surface area (TPSA) is 47.3 Å². The minimum atomic E-state index is -0.0410. The lowest BCUT2D eigenvalue weighted by atomic mass is 10.0. The average Bonchev–Trinajstić information content (AvgIpc) is 2.46. The summed E-state index contributed by atoms with van der Waals surface area (Å²) in [6, 6.07) is 12.0. The molecule has 1 amide bonds. The van der Waals surface area contributed by atoms with Crippen LogP contribution in [0.1, 0.15) is 31.9 Å². The Kier molecular flexibility index (Phi) is 6.75. The fourth-order valence-electron chi connectivity index (χ4n) is 2.29. The minimum absolute atomic E-state index is 0.0410. The first-order valence-electron chi connectivity index (χ1n) is 7.03. The van der Waals surface area contributed by atoms with Crippen LogP contribution in [0.4, 0.5) is 0 Å². The summed E-state index contributed by atoms with van der Waals surface area (Å²) in [5.74, 6) is 0.108. The third kappa shape index (κ3) is 4.36. The maximum absolute atomic E-state index is 12.2. The first-order chi connectivity index (χ1) is 9.63. The van der Waals surface area contributed by atoms with Gasteiger partial charge in [-0.2, -0.15) is 5.26 Å². The van der Waals surface area contributed by atoms with Crippen molar-refractivity contribution in [2.75, 3.05) is 26.7 Å². The van der Waals surface area contributed by atoms with E-state index in [1.54, 1.807) is 0 Å². The zero-order valence-corrected chi connectivity index (χ0v) is 12.5. The molecule has 0 fully saturated rings. The highest BCUT2D eigenvalue weighted by Crippen LogP contribution is 2.22. The van der Waals surface area contributed by atoms with Crippen molar-refractivity contribution in [1.29, 1.82) is 5.26 Å². The highest BCUT2D eigenvalue weighted by molar-refractivity contribution is 5.78. The van der Waals surface area contributed by atoms with Gasteiger partial charge in [0.15, 0.2) is 0 Å². The lowest BCUT2D eigenvalue weighted by molar-refractivity contribution is -0.132. The molecule has 4 nitrogen and oxygen atoms in total. The second kappa shape index (κ2) is 8.34. The van der Waals surface area contributed by atoms with Crippen molar-refractivity contribution >= 4 is 5.91 Å². The molecule has 1 aromatic rings. The first-order valence-corrected chi connectivity index (χ1v) is 7.03. The molecule has 0 aromatic heterocycles. The van der Waals surface area contributed by atoms with Gasteiger partial charge in [-0.05, 0) is 26.5 Å². The summed E-state index contributed by atoms with van der Waals surface area (Å²) < 4.78 is 0. The van der Waals surface area contributed by atoms with Gasteiger partial charge in [-0.15, -0.1) is 0 Å². The number of nitriles is 1. The number of amides is 1. The van der Waals surface area contributed by atoms with Crippen LogP contribution in [-0.2, 0) is 4.79 Å². The van der Waals surface area contributed by atoms with E-state index in [-0.39, 0.29) is 11.9 Å². The van der Waals surface area contributed by atoms with Gasteiger partial charge in [-0.3, -0.25) is 9.69 Å². The molecule has 0 saturated carbocycles. The fraction of sp³-hybridized carbons (Fsp3) is 0.500. The molecule has 1 atom stereocenters. The molecule has 1 aromatic carbocycles. The van der Waals surface area contributed by atoms with Gasteiger partial charge in [0.25, 0.3) is 0 Å². The summed E-state index contributed by atoms with van der Waals surface area (Å²) in [4.78, 5) is 15.9. The normalized spacial score (nSPS) is 11.9. The Bertz CT molecular complexity index is 449. The van der Waals surface area contributed by atoms with Crippen molar-refractivity contribution in [3.05, 3.63) is 35.9 Å². The molecular weight excluding hydrogens is 250 g/mol. The van der Waals surface area contributed by atoms with Gasteiger partial charge in [-0.25, -0.2) is 0 Å². The van der Waals surface area contributed by atoms with Crippen LogP contribution in [0.15, 0.2) is 30.3 Å². The summed E-state index contributed by atoms with van der Waals surface area (Å²) in [6.07, 6.45) is 0.381. The van der Waals surface area contributed by atoms with Crippen molar-refractivity contribution in [3.8, 4) is 6.07 Å². The Morgan fingerprint density at radius 1 is 1.25 bits per heavy atom. The molecular formula is C16H23N3O. The number of carbonyl (C=O) groups excluding carboxylic acids is 1. The molecule has 1 rings (SSSR count). The monoisotopic (exact) mass is 273 g/mol. The van der Waals surface area contributed by atoms with E-state index in [0.29, 0.717) is 13.0 Å². The molecule has 4 heteroatoms. The molecule has 1 unspecified atom stereocenters. The molecule has 0 aliphatic rings. The number of rotatable bonds is 7. The summed E-state index contributed by atoms with van der Waals surface area (Å²) in [5, 5.41) is 9.01. The average molecular weight is 273 g/mol. The van der Waals surface area contributed by atoms with Gasteiger partial charge in [0.05, 0.1) is 19.0 Å². The van der Waals surface area contributed by atoms with Gasteiger partial charge in [-0.1, -0.05) is 30.3 Å². The van der Waals surface area contributed by atoms with Gasteiger partial charge >= 0.3 is 0 Å². The number of carbonyl (C=O) groups is 1. The summed E-state index contributed by atoms with van der Waals surface area (Å²) in [5.41, 5.74) is 1.07. The van der Waals surface area contributed by atoms with Crippen molar-refractivity contribution in [3.63, 3.8) is 0 Å². The molecule has 0 spiro atoms. The summed E-state index contributed by atoms with van der Waals surface area (Å²) in [6.45, 7) is 5.73. The zero-order chi connectivity index (χ0) is 15.0. The van der Waals surface area contributed by atoms with Gasteiger partial charge in [0.1, 0.15) is 0 Å². The lowest BCUT2D eigenvalue weighted by Crippen LogP contribution is -2.40. The van der Waals surface area contributed by atoms with Crippen LogP contribution in [-0.4, -0.2) is 42.4 Å². The van der Waals surface area contributed by atoms with E-state index >= 15 is 0 Å². The Labute approximate surface area is 121 Å². The van der Waals surface area contributed by atoms with Crippen LogP contribution >= 0.6 is 0 Å². The van der Waals surface area contributed by atoms with E-state index < -0.39 is 0 Å². The van der Waals surface area contributed by atoms with E-state index in [0.717, 1.165) is 18.7 Å². The summed E-state index contributed by atoms with van der Waals surface area (Å²) >= 11 is 0. The van der Waals surface area contributed by atoms with Gasteiger partial charge in [0.2, 0.25) is 5.91 Å². The number of nitrogens with zero attached hydrogens (tertiary/aromatic N) is 3. The zero-order valence-electron chi connectivity index (χ0n) is 12.5. The predicted molar refractivity (Wildman–Crippen MR) is 80.0 cm³/mol. The molecule has 20 heavy (non-hydrogen) atoms. The van der Waals surface area contributed by atoms with E-state index in [2.05, 4.69) is 6.07 Å². The van der Waals surface area contributed by atoms with Crippen molar-refractivity contribution < 1.29 is 4.79 Å². The van der Waals surface area contributed by atoms with Gasteiger partial charge in [0, 0.05) is 19.1 Å². The molecule has 0 radical (unpaired) electrons. The first kappa shape index (κ1) is 16.2. The number of hydrogen-bond acceptors (Lipinski definition) is 3. The van der Waals surface area contributed by atoms with Crippen LogP contribution in [0.25, 0.3) is 0 Å². The van der Waals surface area contributed by atoms with Crippen LogP contribution in [0.5, 0.6) is 0 Å². The smallest absolute Gasteiger partial charge is 0.236 e. The molecule has 0 aliphatic heterocycles. The van der Waals surface area contributed by atoms with E-state index in [9.17, 15) is 4.79 Å². The van der Waals surface area contributed by atoms with E-state index in [4.69, 9.17) is 5.26 Å². The quantitative estimate of drug-likeness (QED) is 0.766. The Morgan fingerprint density at radius 2 is 1.85 bits per heavy atom. The molecule has 0 aliphatic carbocycles. The van der Waals surface area contributed by atoms with E-state index in [1.165, 1.54) is 0 Å². The predicted octanol–water partition coefficient (Wildman–Crippen LogP) is 2.44. The molecule has 108 valence electrons. The third-order valence-corrected chi connectivity index (χ3v) is 3.50. The molecule has 0 N–H and O–H groups in total. The van der Waals surface area contributed by atoms with Crippen molar-refractivity contribution in [2.45, 2.75) is 26.3 Å². The second-order valence-corrected chi connectivity index (χ2v) is 4.77. The Hall–Kier alpha value is -1.86. The standard InChI is InChI=1S/C16H23N3O/c1-4-19(5-2)16(20)13-18(3)15(11-12-17)14-9-7-6-8-10-14/h6-10,15H,4-5,11,13H2,1-3H3. The highest BCUT2D eigenvalue weighted by Gasteiger charge is 2.20. The minimum Gasteiger partial charge on any atom is -0.342 e. The Morgan fingerprint density at radius 3 is 2.35 bits per heavy atom. The molecule has 0 saturated heterocycles. The van der Waals surface area contributed by atoms with Gasteiger partial charge < -0.3 is 4.90 Å². The van der Waals surface area contributed by atoms with Crippen LogP contribution < -0.4 is 0 Å². The van der Waals surface area contributed by atoms with E-state index in [1.807, 2.05) is 61.0 Å². The van der Waals surface area contributed by atoms with Crippen LogP contribution in [0.3, 0.4) is 0 Å². The van der Waals surface area contributed by atoms with Crippen molar-refractivity contribution in [1.82, 2.24) is 9.80 Å². The third-order valence-electron chi connectivity index (χ3n) is 3.50. The van der Waals surface area contributed by atoms with Crippen LogP contribution in [0.2, 0.25) is 0 Å². The Balaban J connectivity index is 2.78. The van der Waals surface area contributed by atoms with Crippen molar-refractivity contribution in [2.24, 2.45) is 0 Å². The fourth-order valence-corrected chi connectivity index (χ4v) is 2.29. The second-order valence-electron chi connectivity index (χ2n) is 4.77. The number of likely N-dealkylation sites (N-methyl/N-ethyl adjacent to an activating group) is 2. The SMILES string of the molecule is CCN(CC)C(=O)CN(C)C(CC#N)c1ccccc1. The summed E-state index contributed by atoms with van der Waals surface area (Å²) in [7, 11) is 1.90. The lowest BCUT2D eigenvalue weighted by Gasteiger charge is -2.28. The maximum Gasteiger partial charge on any atom is 0.236 e. The number of hydrogen-bond donors (Lipinski definition) is 0. The van der Waals surface area contributed by atoms with Crippen LogP contribution in [0, 0.1) is 11.3 Å². The molecule has 0 heterocycles.